The van der Waals surface area contributed by atoms with Crippen molar-refractivity contribution >= 4 is 23.5 Å². The fourth-order valence-corrected chi connectivity index (χ4v) is 6.15. The summed E-state index contributed by atoms with van der Waals surface area (Å²) in [7, 11) is 0. The fraction of sp³-hybridized carbons (Fsp3) is 0.455. The molecule has 4 nitrogen and oxygen atoms in total. The van der Waals surface area contributed by atoms with Gasteiger partial charge in [-0.2, -0.15) is 5.90 Å². The van der Waals surface area contributed by atoms with Crippen LogP contribution in [0.25, 0.3) is 0 Å². The maximum atomic E-state index is 13.9. The SMILES string of the molecule is CCC1=C(C(=O)ON)C2=C(Sc3ccccc3C2)C(=O)C1(C(C)C)C(C)C. The summed E-state index contributed by atoms with van der Waals surface area (Å²) < 4.78 is 0. The number of ketones is 1. The maximum absolute atomic E-state index is 13.9. The molecule has 144 valence electrons. The largest absolute Gasteiger partial charge is 0.370 e. The number of carbonyl (C=O) groups excluding carboxylic acids is 2. The Hall–Kier alpha value is -1.85. The van der Waals surface area contributed by atoms with E-state index in [1.807, 2.05) is 31.2 Å². The molecule has 0 spiro atoms. The number of fused-ring (bicyclic) bond motifs is 1. The van der Waals surface area contributed by atoms with Gasteiger partial charge in [-0.1, -0.05) is 64.6 Å². The lowest BCUT2D eigenvalue weighted by molar-refractivity contribution is -0.139. The third kappa shape index (κ3) is 2.79. The van der Waals surface area contributed by atoms with Crippen molar-refractivity contribution in [2.24, 2.45) is 23.1 Å². The van der Waals surface area contributed by atoms with Gasteiger partial charge < -0.3 is 4.84 Å². The fourth-order valence-electron chi connectivity index (χ4n) is 4.95. The van der Waals surface area contributed by atoms with E-state index < -0.39 is 11.4 Å². The molecule has 0 fully saturated rings. The monoisotopic (exact) mass is 385 g/mol. The van der Waals surface area contributed by atoms with Crippen LogP contribution in [-0.2, 0) is 20.8 Å². The van der Waals surface area contributed by atoms with Crippen molar-refractivity contribution in [3.63, 3.8) is 0 Å². The molecular formula is C22H27NO3S. The molecule has 27 heavy (non-hydrogen) atoms. The Morgan fingerprint density at radius 2 is 1.85 bits per heavy atom. The lowest BCUT2D eigenvalue weighted by Gasteiger charge is -2.47. The molecule has 3 rings (SSSR count). The van der Waals surface area contributed by atoms with Crippen molar-refractivity contribution in [2.75, 3.05) is 0 Å². The molecule has 0 atom stereocenters. The van der Waals surface area contributed by atoms with Gasteiger partial charge >= 0.3 is 5.97 Å². The number of hydrogen-bond acceptors (Lipinski definition) is 5. The van der Waals surface area contributed by atoms with Crippen LogP contribution < -0.4 is 5.90 Å². The summed E-state index contributed by atoms with van der Waals surface area (Å²) >= 11 is 1.48. The van der Waals surface area contributed by atoms with Gasteiger partial charge in [-0.05, 0) is 41.0 Å². The van der Waals surface area contributed by atoms with Gasteiger partial charge in [-0.25, -0.2) is 4.79 Å². The van der Waals surface area contributed by atoms with Gasteiger partial charge in [0.15, 0.2) is 5.78 Å². The standard InChI is InChI=1S/C22H27NO3S/c1-6-16-18(21(25)26-23)15-11-14-9-7-8-10-17(14)27-19(15)20(24)22(16,12(2)3)13(4)5/h7-10,12-13H,6,11,23H2,1-5H3. The van der Waals surface area contributed by atoms with Crippen molar-refractivity contribution in [3.8, 4) is 0 Å². The van der Waals surface area contributed by atoms with Crippen molar-refractivity contribution in [1.29, 1.82) is 0 Å². The molecule has 1 aromatic carbocycles. The number of hydrogen-bond donors (Lipinski definition) is 1. The number of allylic oxidation sites excluding steroid dienone is 2. The van der Waals surface area contributed by atoms with Gasteiger partial charge in [0.2, 0.25) is 0 Å². The van der Waals surface area contributed by atoms with E-state index in [-0.39, 0.29) is 17.6 Å². The molecule has 0 aromatic heterocycles. The molecule has 0 radical (unpaired) electrons. The van der Waals surface area contributed by atoms with Gasteiger partial charge in [0.25, 0.3) is 0 Å². The maximum Gasteiger partial charge on any atom is 0.356 e. The highest BCUT2D eigenvalue weighted by Crippen LogP contribution is 2.56. The number of benzene rings is 1. The molecule has 2 aliphatic rings. The number of thioether (sulfide) groups is 1. The summed E-state index contributed by atoms with van der Waals surface area (Å²) in [6.45, 7) is 10.2. The summed E-state index contributed by atoms with van der Waals surface area (Å²) in [6.07, 6.45) is 1.15. The number of Topliss-reactive ketones (excluding diaryl/α,β-unsaturated/α-hetero) is 1. The van der Waals surface area contributed by atoms with Crippen molar-refractivity contribution in [2.45, 2.75) is 52.4 Å². The molecule has 1 aliphatic carbocycles. The first kappa shape index (κ1) is 19.9. The summed E-state index contributed by atoms with van der Waals surface area (Å²) in [4.78, 5) is 33.1. The Morgan fingerprint density at radius 1 is 1.22 bits per heavy atom. The van der Waals surface area contributed by atoms with E-state index in [2.05, 4.69) is 27.7 Å². The second-order valence-electron chi connectivity index (χ2n) is 7.81. The molecule has 0 unspecified atom stereocenters. The summed E-state index contributed by atoms with van der Waals surface area (Å²) in [5.74, 6) is 5.00. The van der Waals surface area contributed by atoms with E-state index in [9.17, 15) is 9.59 Å². The second-order valence-corrected chi connectivity index (χ2v) is 8.87. The van der Waals surface area contributed by atoms with E-state index in [1.165, 1.54) is 11.8 Å². The van der Waals surface area contributed by atoms with Gasteiger partial charge in [-0.3, -0.25) is 4.79 Å². The van der Waals surface area contributed by atoms with Gasteiger partial charge in [0.1, 0.15) is 0 Å². The summed E-state index contributed by atoms with van der Waals surface area (Å²) in [6, 6.07) is 8.03. The number of rotatable bonds is 4. The lowest BCUT2D eigenvalue weighted by Crippen LogP contribution is -2.47. The van der Waals surface area contributed by atoms with Crippen LogP contribution in [0.4, 0.5) is 0 Å². The highest BCUT2D eigenvalue weighted by atomic mass is 32.2. The first-order valence-corrected chi connectivity index (χ1v) is 10.3. The summed E-state index contributed by atoms with van der Waals surface area (Å²) in [5, 5.41) is 0. The van der Waals surface area contributed by atoms with Gasteiger partial charge in [0.05, 0.1) is 15.9 Å². The third-order valence-electron chi connectivity index (χ3n) is 6.00. The molecular weight excluding hydrogens is 358 g/mol. The normalized spacial score (nSPS) is 18.7. The molecule has 0 bridgehead atoms. The highest BCUT2D eigenvalue weighted by Gasteiger charge is 2.54. The molecule has 1 aromatic rings. The lowest BCUT2D eigenvalue weighted by atomic mass is 9.57. The topological polar surface area (TPSA) is 69.4 Å². The molecule has 1 aliphatic heterocycles. The number of carbonyl (C=O) groups is 2. The van der Waals surface area contributed by atoms with Crippen LogP contribution >= 0.6 is 11.8 Å². The Kier molecular flexibility index (Phi) is 5.37. The first-order chi connectivity index (χ1) is 12.8. The van der Waals surface area contributed by atoms with E-state index in [1.54, 1.807) is 0 Å². The Balaban J connectivity index is 2.34. The highest BCUT2D eigenvalue weighted by molar-refractivity contribution is 8.04. The minimum absolute atomic E-state index is 0.0485. The van der Waals surface area contributed by atoms with Crippen LogP contribution in [-0.4, -0.2) is 11.8 Å². The van der Waals surface area contributed by atoms with E-state index in [4.69, 9.17) is 10.7 Å². The van der Waals surface area contributed by atoms with Crippen molar-refractivity contribution < 1.29 is 14.4 Å². The molecule has 0 amide bonds. The van der Waals surface area contributed by atoms with Gasteiger partial charge in [-0.15, -0.1) is 0 Å². The molecule has 0 saturated heterocycles. The van der Waals surface area contributed by atoms with Crippen LogP contribution in [0.1, 0.15) is 46.6 Å². The number of nitrogens with two attached hydrogens (primary N) is 1. The minimum Gasteiger partial charge on any atom is -0.370 e. The average Bonchev–Trinajstić information content (AvgIpc) is 2.65. The van der Waals surface area contributed by atoms with E-state index in [0.717, 1.165) is 21.6 Å². The van der Waals surface area contributed by atoms with E-state index in [0.29, 0.717) is 23.3 Å². The Labute approximate surface area is 165 Å². The minimum atomic E-state index is -0.726. The van der Waals surface area contributed by atoms with Crippen LogP contribution in [0, 0.1) is 17.3 Å². The predicted octanol–water partition coefficient (Wildman–Crippen LogP) is 4.59. The van der Waals surface area contributed by atoms with Crippen LogP contribution in [0.3, 0.4) is 0 Å². The second kappa shape index (κ2) is 7.28. The van der Waals surface area contributed by atoms with Crippen molar-refractivity contribution in [1.82, 2.24) is 0 Å². The van der Waals surface area contributed by atoms with Crippen molar-refractivity contribution in [3.05, 3.63) is 51.5 Å². The molecule has 5 heteroatoms. The quantitative estimate of drug-likeness (QED) is 0.768. The van der Waals surface area contributed by atoms with Crippen LogP contribution in [0.2, 0.25) is 0 Å². The van der Waals surface area contributed by atoms with Crippen LogP contribution in [0.15, 0.2) is 50.8 Å². The third-order valence-corrected chi connectivity index (χ3v) is 7.25. The van der Waals surface area contributed by atoms with E-state index >= 15 is 0 Å². The predicted molar refractivity (Wildman–Crippen MR) is 108 cm³/mol. The average molecular weight is 386 g/mol. The summed E-state index contributed by atoms with van der Waals surface area (Å²) in [5.41, 5.74) is 2.54. The Morgan fingerprint density at radius 3 is 2.41 bits per heavy atom. The van der Waals surface area contributed by atoms with Crippen LogP contribution in [0.5, 0.6) is 0 Å². The zero-order valence-corrected chi connectivity index (χ0v) is 17.4. The molecule has 2 N–H and O–H groups in total. The zero-order valence-electron chi connectivity index (χ0n) is 16.6. The zero-order chi connectivity index (χ0) is 19.9. The first-order valence-electron chi connectivity index (χ1n) is 9.49. The van der Waals surface area contributed by atoms with Gasteiger partial charge in [0, 0.05) is 11.3 Å². The smallest absolute Gasteiger partial charge is 0.356 e. The molecule has 0 saturated carbocycles. The molecule has 1 heterocycles. The Bertz CT molecular complexity index is 856.